The van der Waals surface area contributed by atoms with Gasteiger partial charge in [0.2, 0.25) is 5.88 Å². The van der Waals surface area contributed by atoms with Crippen molar-refractivity contribution in [3.8, 4) is 0 Å². The molecule has 2 heterocycles. The third-order valence-corrected chi connectivity index (χ3v) is 4.30. The largest absolute Gasteiger partial charge is 0.370 e. The van der Waals surface area contributed by atoms with E-state index in [-0.39, 0.29) is 10.8 Å². The zero-order chi connectivity index (χ0) is 15.5. The van der Waals surface area contributed by atoms with Gasteiger partial charge in [0.25, 0.3) is 10.0 Å². The van der Waals surface area contributed by atoms with E-state index in [9.17, 15) is 8.42 Å². The lowest BCUT2D eigenvalue weighted by Crippen LogP contribution is -2.13. The molecule has 0 saturated heterocycles. The number of sulfonamides is 1. The van der Waals surface area contributed by atoms with E-state index in [0.717, 1.165) is 13.0 Å². The number of rotatable bonds is 6. The van der Waals surface area contributed by atoms with Crippen LogP contribution in [0.1, 0.15) is 24.6 Å². The van der Waals surface area contributed by atoms with Gasteiger partial charge in [-0.3, -0.25) is 0 Å². The molecule has 7 nitrogen and oxygen atoms in total. The Kier molecular flexibility index (Phi) is 4.46. The van der Waals surface area contributed by atoms with Gasteiger partial charge in [0.1, 0.15) is 10.7 Å². The fourth-order valence-corrected chi connectivity index (χ4v) is 2.58. The number of nitrogens with zero attached hydrogens (tertiary/aromatic N) is 2. The lowest BCUT2D eigenvalue weighted by atomic mass is 10.3. The van der Waals surface area contributed by atoms with Crippen LogP contribution in [0.3, 0.4) is 0 Å². The molecule has 0 fully saturated rings. The molecule has 2 aromatic heterocycles. The quantitative estimate of drug-likeness (QED) is 0.849. The van der Waals surface area contributed by atoms with E-state index < -0.39 is 10.0 Å². The Hall–Kier alpha value is -2.09. The van der Waals surface area contributed by atoms with Crippen molar-refractivity contribution in [2.75, 3.05) is 16.6 Å². The summed E-state index contributed by atoms with van der Waals surface area (Å²) in [4.78, 5) is 4.14. The Labute approximate surface area is 123 Å². The standard InChI is InChI=1S/C13H18N4O3S/c1-4-7-14-12-6-5-11(8-15-12)21(18,19)17-13-9(2)10(3)16-20-13/h5-6,8,17H,4,7H2,1-3H3,(H,14,15). The van der Waals surface area contributed by atoms with Crippen LogP contribution in [0.5, 0.6) is 0 Å². The molecular weight excluding hydrogens is 292 g/mol. The van der Waals surface area contributed by atoms with Gasteiger partial charge in [0, 0.05) is 18.3 Å². The molecule has 0 radical (unpaired) electrons. The van der Waals surface area contributed by atoms with E-state index in [4.69, 9.17) is 4.52 Å². The van der Waals surface area contributed by atoms with E-state index in [0.29, 0.717) is 17.1 Å². The van der Waals surface area contributed by atoms with Crippen LogP contribution in [-0.4, -0.2) is 25.1 Å². The van der Waals surface area contributed by atoms with Gasteiger partial charge in [-0.25, -0.2) is 18.1 Å². The molecule has 2 aromatic rings. The highest BCUT2D eigenvalue weighted by Gasteiger charge is 2.19. The molecule has 114 valence electrons. The predicted octanol–water partition coefficient (Wildman–Crippen LogP) is 2.31. The summed E-state index contributed by atoms with van der Waals surface area (Å²) < 4.78 is 31.8. The van der Waals surface area contributed by atoms with Gasteiger partial charge in [-0.05, 0) is 32.4 Å². The van der Waals surface area contributed by atoms with Gasteiger partial charge in [-0.2, -0.15) is 0 Å². The van der Waals surface area contributed by atoms with Crippen molar-refractivity contribution >= 4 is 21.7 Å². The van der Waals surface area contributed by atoms with Gasteiger partial charge in [-0.15, -0.1) is 0 Å². The van der Waals surface area contributed by atoms with Crippen LogP contribution >= 0.6 is 0 Å². The molecule has 0 spiro atoms. The van der Waals surface area contributed by atoms with Crippen LogP contribution in [0, 0.1) is 13.8 Å². The third kappa shape index (κ3) is 3.52. The maximum absolute atomic E-state index is 12.2. The van der Waals surface area contributed by atoms with Crippen molar-refractivity contribution in [3.63, 3.8) is 0 Å². The SMILES string of the molecule is CCCNc1ccc(S(=O)(=O)Nc2onc(C)c2C)cn1. The molecule has 0 saturated carbocycles. The Bertz CT molecular complexity index is 708. The first-order chi connectivity index (χ1) is 9.94. The zero-order valence-electron chi connectivity index (χ0n) is 12.2. The molecular formula is C13H18N4O3S. The van der Waals surface area contributed by atoms with Gasteiger partial charge in [0.15, 0.2) is 0 Å². The van der Waals surface area contributed by atoms with Gasteiger partial charge in [-0.1, -0.05) is 12.1 Å². The average molecular weight is 310 g/mol. The summed E-state index contributed by atoms with van der Waals surface area (Å²) >= 11 is 0. The normalized spacial score (nSPS) is 11.4. The summed E-state index contributed by atoms with van der Waals surface area (Å²) in [5.41, 5.74) is 1.30. The van der Waals surface area contributed by atoms with E-state index >= 15 is 0 Å². The molecule has 0 atom stereocenters. The minimum Gasteiger partial charge on any atom is -0.370 e. The maximum Gasteiger partial charge on any atom is 0.265 e. The molecule has 0 aliphatic rings. The molecule has 8 heteroatoms. The van der Waals surface area contributed by atoms with Crippen molar-refractivity contribution in [3.05, 3.63) is 29.6 Å². The van der Waals surface area contributed by atoms with E-state index in [1.807, 2.05) is 6.92 Å². The minimum absolute atomic E-state index is 0.0676. The fourth-order valence-electron chi connectivity index (χ4n) is 1.59. The number of pyridine rings is 1. The highest BCUT2D eigenvalue weighted by molar-refractivity contribution is 7.92. The molecule has 0 aliphatic heterocycles. The number of aryl methyl sites for hydroxylation is 1. The van der Waals surface area contributed by atoms with Crippen LogP contribution in [0.15, 0.2) is 27.7 Å². The van der Waals surface area contributed by atoms with E-state index in [1.54, 1.807) is 19.9 Å². The smallest absolute Gasteiger partial charge is 0.265 e. The molecule has 0 bridgehead atoms. The van der Waals surface area contributed by atoms with Gasteiger partial charge >= 0.3 is 0 Å². The van der Waals surface area contributed by atoms with Crippen LogP contribution in [0.4, 0.5) is 11.7 Å². The zero-order valence-corrected chi connectivity index (χ0v) is 13.0. The summed E-state index contributed by atoms with van der Waals surface area (Å²) in [5, 5.41) is 6.79. The average Bonchev–Trinajstić information content (AvgIpc) is 2.77. The molecule has 0 aliphatic carbocycles. The second-order valence-corrected chi connectivity index (χ2v) is 6.32. The third-order valence-electron chi connectivity index (χ3n) is 2.99. The Morgan fingerprint density at radius 2 is 2.05 bits per heavy atom. The van der Waals surface area contributed by atoms with Crippen LogP contribution in [0.2, 0.25) is 0 Å². The Morgan fingerprint density at radius 1 is 1.29 bits per heavy atom. The summed E-state index contributed by atoms with van der Waals surface area (Å²) in [6.07, 6.45) is 2.27. The summed E-state index contributed by atoms with van der Waals surface area (Å²) in [6.45, 7) is 6.30. The van der Waals surface area contributed by atoms with Crippen LogP contribution in [-0.2, 0) is 10.0 Å². The number of anilines is 2. The molecule has 2 N–H and O–H groups in total. The van der Waals surface area contributed by atoms with E-state index in [2.05, 4.69) is 20.2 Å². The minimum atomic E-state index is -3.73. The molecule has 2 rings (SSSR count). The topological polar surface area (TPSA) is 97.1 Å². The monoisotopic (exact) mass is 310 g/mol. The fraction of sp³-hybridized carbons (Fsp3) is 0.385. The predicted molar refractivity (Wildman–Crippen MR) is 79.8 cm³/mol. The molecule has 0 unspecified atom stereocenters. The lowest BCUT2D eigenvalue weighted by Gasteiger charge is -2.07. The maximum atomic E-state index is 12.2. The summed E-state index contributed by atoms with van der Waals surface area (Å²) in [6, 6.07) is 3.12. The molecule has 0 aromatic carbocycles. The van der Waals surface area contributed by atoms with Crippen molar-refractivity contribution in [1.82, 2.24) is 10.1 Å². The molecule has 0 amide bonds. The number of hydrogen-bond donors (Lipinski definition) is 2. The number of aromatic nitrogens is 2. The van der Waals surface area contributed by atoms with Crippen molar-refractivity contribution < 1.29 is 12.9 Å². The first-order valence-electron chi connectivity index (χ1n) is 6.59. The van der Waals surface area contributed by atoms with Crippen LogP contribution < -0.4 is 10.0 Å². The van der Waals surface area contributed by atoms with Gasteiger partial charge in [0.05, 0.1) is 5.69 Å². The van der Waals surface area contributed by atoms with Crippen LogP contribution in [0.25, 0.3) is 0 Å². The first kappa shape index (κ1) is 15.3. The van der Waals surface area contributed by atoms with Crippen molar-refractivity contribution in [2.24, 2.45) is 0 Å². The van der Waals surface area contributed by atoms with Crippen molar-refractivity contribution in [1.29, 1.82) is 0 Å². The highest BCUT2D eigenvalue weighted by Crippen LogP contribution is 2.21. The number of hydrogen-bond acceptors (Lipinski definition) is 6. The Morgan fingerprint density at radius 3 is 2.57 bits per heavy atom. The Balaban J connectivity index is 2.17. The summed E-state index contributed by atoms with van der Waals surface area (Å²) in [5.74, 6) is 0.767. The van der Waals surface area contributed by atoms with E-state index in [1.165, 1.54) is 12.3 Å². The number of nitrogens with one attached hydrogen (secondary N) is 2. The van der Waals surface area contributed by atoms with Gasteiger partial charge < -0.3 is 9.84 Å². The highest BCUT2D eigenvalue weighted by atomic mass is 32.2. The molecule has 21 heavy (non-hydrogen) atoms. The van der Waals surface area contributed by atoms with Crippen molar-refractivity contribution in [2.45, 2.75) is 32.1 Å². The summed E-state index contributed by atoms with van der Waals surface area (Å²) in [7, 11) is -3.73. The first-order valence-corrected chi connectivity index (χ1v) is 8.08. The second kappa shape index (κ2) is 6.13. The lowest BCUT2D eigenvalue weighted by molar-refractivity contribution is 0.430. The second-order valence-electron chi connectivity index (χ2n) is 4.63.